The molecule has 0 saturated heterocycles. The predicted octanol–water partition coefficient (Wildman–Crippen LogP) is 3.90. The number of allylic oxidation sites excluding steroid dienone is 1. The topological polar surface area (TPSA) is 12.4 Å². The maximum absolute atomic E-state index is 4.27. The molecule has 13 heavy (non-hydrogen) atoms. The number of rotatable bonds is 2. The number of halogens is 1. The van der Waals surface area contributed by atoms with Gasteiger partial charge in [0.25, 0.3) is 0 Å². The fraction of sp³-hybridized carbons (Fsp3) is 0.182. The zero-order valence-corrected chi connectivity index (χ0v) is 9.38. The van der Waals surface area contributed by atoms with Gasteiger partial charge in [-0.1, -0.05) is 34.1 Å². The van der Waals surface area contributed by atoms with E-state index in [1.165, 1.54) is 0 Å². The van der Waals surface area contributed by atoms with Crippen molar-refractivity contribution in [2.75, 3.05) is 0 Å². The lowest BCUT2D eigenvalue weighted by molar-refractivity contribution is 1.47. The van der Waals surface area contributed by atoms with Crippen LogP contribution in [0.5, 0.6) is 0 Å². The van der Waals surface area contributed by atoms with Crippen molar-refractivity contribution in [1.82, 2.24) is 0 Å². The van der Waals surface area contributed by atoms with Crippen LogP contribution < -0.4 is 0 Å². The third kappa shape index (κ3) is 2.81. The minimum atomic E-state index is 1.00. The first kappa shape index (κ1) is 10.2. The smallest absolute Gasteiger partial charge is 0.0655 e. The zero-order valence-electron chi connectivity index (χ0n) is 7.79. The molecule has 0 bridgehead atoms. The molecule has 68 valence electrons. The van der Waals surface area contributed by atoms with Gasteiger partial charge in [0.05, 0.1) is 5.70 Å². The fourth-order valence-electron chi connectivity index (χ4n) is 1.10. The Labute approximate surface area is 87.3 Å². The lowest BCUT2D eigenvalue weighted by Crippen LogP contribution is -1.80. The molecular formula is C11H12BrN. The SMILES string of the molecule is C/C=N\C(=C/C)c1cccc(Br)c1. The number of hydrogen-bond acceptors (Lipinski definition) is 1. The molecule has 1 rings (SSSR count). The van der Waals surface area contributed by atoms with Crippen LogP contribution in [0.3, 0.4) is 0 Å². The minimum absolute atomic E-state index is 1.00. The summed E-state index contributed by atoms with van der Waals surface area (Å²) in [4.78, 5) is 4.27. The van der Waals surface area contributed by atoms with E-state index < -0.39 is 0 Å². The Morgan fingerprint density at radius 2 is 2.15 bits per heavy atom. The molecule has 0 amide bonds. The number of benzene rings is 1. The first-order chi connectivity index (χ1) is 6.27. The molecule has 0 spiro atoms. The average Bonchev–Trinajstić information content (AvgIpc) is 2.14. The van der Waals surface area contributed by atoms with Crippen molar-refractivity contribution >= 4 is 27.8 Å². The molecule has 0 aliphatic heterocycles. The monoisotopic (exact) mass is 237 g/mol. The highest BCUT2D eigenvalue weighted by atomic mass is 79.9. The summed E-state index contributed by atoms with van der Waals surface area (Å²) in [6, 6.07) is 8.12. The van der Waals surface area contributed by atoms with Gasteiger partial charge in [-0.2, -0.15) is 0 Å². The Balaban J connectivity index is 3.06. The normalized spacial score (nSPS) is 12.4. The van der Waals surface area contributed by atoms with Gasteiger partial charge in [-0.05, 0) is 26.0 Å². The van der Waals surface area contributed by atoms with Gasteiger partial charge in [-0.3, -0.25) is 4.99 Å². The van der Waals surface area contributed by atoms with E-state index in [0.717, 1.165) is 15.7 Å². The summed E-state index contributed by atoms with van der Waals surface area (Å²) in [5, 5.41) is 0. The summed E-state index contributed by atoms with van der Waals surface area (Å²) < 4.78 is 1.08. The van der Waals surface area contributed by atoms with Gasteiger partial charge in [-0.25, -0.2) is 0 Å². The van der Waals surface area contributed by atoms with E-state index in [1.807, 2.05) is 38.1 Å². The van der Waals surface area contributed by atoms with Gasteiger partial charge >= 0.3 is 0 Å². The first-order valence-corrected chi connectivity index (χ1v) is 4.98. The maximum Gasteiger partial charge on any atom is 0.0655 e. The van der Waals surface area contributed by atoms with Crippen LogP contribution in [-0.4, -0.2) is 6.21 Å². The molecule has 0 N–H and O–H groups in total. The largest absolute Gasteiger partial charge is 0.261 e. The van der Waals surface area contributed by atoms with Crippen LogP contribution in [0.2, 0.25) is 0 Å². The molecule has 1 aromatic carbocycles. The van der Waals surface area contributed by atoms with Crippen LogP contribution >= 0.6 is 15.9 Å². The quantitative estimate of drug-likeness (QED) is 0.693. The molecule has 2 heteroatoms. The van der Waals surface area contributed by atoms with Crippen molar-refractivity contribution in [2.24, 2.45) is 4.99 Å². The summed E-state index contributed by atoms with van der Waals surface area (Å²) in [7, 11) is 0. The molecule has 1 nitrogen and oxygen atoms in total. The molecule has 0 fully saturated rings. The molecule has 0 atom stereocenters. The highest BCUT2D eigenvalue weighted by Gasteiger charge is 1.97. The van der Waals surface area contributed by atoms with E-state index >= 15 is 0 Å². The minimum Gasteiger partial charge on any atom is -0.261 e. The Morgan fingerprint density at radius 3 is 2.69 bits per heavy atom. The van der Waals surface area contributed by atoms with Gasteiger partial charge in [0, 0.05) is 16.3 Å². The Hall–Kier alpha value is -0.890. The van der Waals surface area contributed by atoms with Crippen LogP contribution in [0.1, 0.15) is 19.4 Å². The summed E-state index contributed by atoms with van der Waals surface area (Å²) >= 11 is 3.43. The van der Waals surface area contributed by atoms with Gasteiger partial charge in [0.2, 0.25) is 0 Å². The number of hydrogen-bond donors (Lipinski definition) is 0. The van der Waals surface area contributed by atoms with Crippen LogP contribution in [0.4, 0.5) is 0 Å². The first-order valence-electron chi connectivity index (χ1n) is 4.19. The van der Waals surface area contributed by atoms with Crippen molar-refractivity contribution in [3.8, 4) is 0 Å². The molecule has 0 radical (unpaired) electrons. The molecule has 1 aromatic rings. The van der Waals surface area contributed by atoms with E-state index in [2.05, 4.69) is 27.0 Å². The van der Waals surface area contributed by atoms with Crippen molar-refractivity contribution < 1.29 is 0 Å². The van der Waals surface area contributed by atoms with E-state index in [4.69, 9.17) is 0 Å². The van der Waals surface area contributed by atoms with E-state index in [0.29, 0.717) is 0 Å². The van der Waals surface area contributed by atoms with Crippen LogP contribution in [0, 0.1) is 0 Å². The summed E-state index contributed by atoms with van der Waals surface area (Å²) in [5.74, 6) is 0. The molecule has 0 aliphatic rings. The fourth-order valence-corrected chi connectivity index (χ4v) is 1.50. The highest BCUT2D eigenvalue weighted by Crippen LogP contribution is 2.19. The second kappa shape index (κ2) is 4.97. The van der Waals surface area contributed by atoms with Crippen molar-refractivity contribution in [2.45, 2.75) is 13.8 Å². The Morgan fingerprint density at radius 1 is 1.38 bits per heavy atom. The van der Waals surface area contributed by atoms with Crippen molar-refractivity contribution in [3.05, 3.63) is 40.4 Å². The lowest BCUT2D eigenvalue weighted by atomic mass is 10.1. The zero-order chi connectivity index (χ0) is 9.68. The highest BCUT2D eigenvalue weighted by molar-refractivity contribution is 9.10. The van der Waals surface area contributed by atoms with Crippen LogP contribution in [0.25, 0.3) is 5.70 Å². The second-order valence-electron chi connectivity index (χ2n) is 2.57. The second-order valence-corrected chi connectivity index (χ2v) is 3.49. The van der Waals surface area contributed by atoms with E-state index in [9.17, 15) is 0 Å². The van der Waals surface area contributed by atoms with Gasteiger partial charge in [0.15, 0.2) is 0 Å². The Kier molecular flexibility index (Phi) is 3.90. The van der Waals surface area contributed by atoms with Gasteiger partial charge < -0.3 is 0 Å². The standard InChI is InChI=1S/C11H12BrN/c1-3-11(13-4-2)9-6-5-7-10(12)8-9/h3-8H,1-2H3/b11-3-,13-4-. The van der Waals surface area contributed by atoms with Crippen molar-refractivity contribution in [3.63, 3.8) is 0 Å². The van der Waals surface area contributed by atoms with Crippen LogP contribution in [0.15, 0.2) is 39.8 Å². The van der Waals surface area contributed by atoms with Crippen LogP contribution in [-0.2, 0) is 0 Å². The molecule has 0 aliphatic carbocycles. The molecule has 0 heterocycles. The predicted molar refractivity (Wildman–Crippen MR) is 62.0 cm³/mol. The molecule has 0 saturated carbocycles. The summed E-state index contributed by atoms with van der Waals surface area (Å²) in [6.45, 7) is 3.91. The molecular weight excluding hydrogens is 226 g/mol. The number of nitrogens with zero attached hydrogens (tertiary/aromatic N) is 1. The average molecular weight is 238 g/mol. The molecule has 0 unspecified atom stereocenters. The van der Waals surface area contributed by atoms with Gasteiger partial charge in [-0.15, -0.1) is 0 Å². The third-order valence-electron chi connectivity index (χ3n) is 1.66. The maximum atomic E-state index is 4.27. The van der Waals surface area contributed by atoms with E-state index in [1.54, 1.807) is 6.21 Å². The third-order valence-corrected chi connectivity index (χ3v) is 2.16. The summed E-state index contributed by atoms with van der Waals surface area (Å²) in [6.07, 6.45) is 3.80. The molecule has 0 aromatic heterocycles. The Bertz CT molecular complexity index is 340. The van der Waals surface area contributed by atoms with E-state index in [-0.39, 0.29) is 0 Å². The van der Waals surface area contributed by atoms with Gasteiger partial charge in [0.1, 0.15) is 0 Å². The lowest BCUT2D eigenvalue weighted by Gasteiger charge is -2.00. The number of aliphatic imine (C=N–C) groups is 1. The van der Waals surface area contributed by atoms with Crippen molar-refractivity contribution in [1.29, 1.82) is 0 Å². The summed E-state index contributed by atoms with van der Waals surface area (Å²) in [5.41, 5.74) is 2.14.